The van der Waals surface area contributed by atoms with Gasteiger partial charge in [0.2, 0.25) is 0 Å². The SMILES string of the molecule is Nc1ccc(N=c2[nH]c3cccnc3s2)cc1. The van der Waals surface area contributed by atoms with Gasteiger partial charge in [-0.3, -0.25) is 0 Å². The van der Waals surface area contributed by atoms with Crippen LogP contribution in [0.15, 0.2) is 47.6 Å². The average Bonchev–Trinajstić information content (AvgIpc) is 2.74. The number of aromatic amines is 1. The van der Waals surface area contributed by atoms with E-state index in [1.165, 1.54) is 11.3 Å². The summed E-state index contributed by atoms with van der Waals surface area (Å²) in [6.45, 7) is 0. The molecular formula is C12H10N4S. The van der Waals surface area contributed by atoms with E-state index in [0.29, 0.717) is 0 Å². The van der Waals surface area contributed by atoms with E-state index < -0.39 is 0 Å². The van der Waals surface area contributed by atoms with Crippen LogP contribution in [0.4, 0.5) is 11.4 Å². The van der Waals surface area contributed by atoms with Crippen LogP contribution in [0.25, 0.3) is 10.3 Å². The molecule has 3 N–H and O–H groups in total. The van der Waals surface area contributed by atoms with Crippen molar-refractivity contribution in [1.82, 2.24) is 9.97 Å². The van der Waals surface area contributed by atoms with E-state index in [4.69, 9.17) is 5.73 Å². The molecule has 2 heterocycles. The highest BCUT2D eigenvalue weighted by Gasteiger charge is 1.97. The first-order valence-corrected chi connectivity index (χ1v) is 5.97. The quantitative estimate of drug-likeness (QED) is 0.643. The van der Waals surface area contributed by atoms with Gasteiger partial charge in [0.25, 0.3) is 0 Å². The van der Waals surface area contributed by atoms with Gasteiger partial charge < -0.3 is 10.7 Å². The lowest BCUT2D eigenvalue weighted by Gasteiger charge is -1.92. The molecule has 4 nitrogen and oxygen atoms in total. The Morgan fingerprint density at radius 3 is 2.76 bits per heavy atom. The fourth-order valence-corrected chi connectivity index (χ4v) is 2.35. The number of nitrogen functional groups attached to an aromatic ring is 1. The molecule has 2 aromatic heterocycles. The Kier molecular flexibility index (Phi) is 2.38. The molecule has 0 spiro atoms. The minimum absolute atomic E-state index is 0.742. The number of hydrogen-bond acceptors (Lipinski definition) is 4. The molecule has 3 aromatic rings. The molecule has 0 atom stereocenters. The third-order valence-electron chi connectivity index (χ3n) is 2.33. The predicted molar refractivity (Wildman–Crippen MR) is 70.0 cm³/mol. The molecule has 17 heavy (non-hydrogen) atoms. The van der Waals surface area contributed by atoms with Gasteiger partial charge in [-0.15, -0.1) is 0 Å². The van der Waals surface area contributed by atoms with Crippen LogP contribution in [0.1, 0.15) is 0 Å². The lowest BCUT2D eigenvalue weighted by atomic mass is 10.3. The number of benzene rings is 1. The maximum Gasteiger partial charge on any atom is 0.189 e. The van der Waals surface area contributed by atoms with E-state index in [-0.39, 0.29) is 0 Å². The number of nitrogens with zero attached hydrogens (tertiary/aromatic N) is 2. The number of nitrogens with two attached hydrogens (primary N) is 1. The van der Waals surface area contributed by atoms with Crippen molar-refractivity contribution in [3.05, 3.63) is 47.4 Å². The van der Waals surface area contributed by atoms with Crippen molar-refractivity contribution in [3.63, 3.8) is 0 Å². The summed E-state index contributed by atoms with van der Waals surface area (Å²) in [5.41, 5.74) is 8.25. The van der Waals surface area contributed by atoms with E-state index in [0.717, 1.165) is 26.5 Å². The fourth-order valence-electron chi connectivity index (χ4n) is 1.52. The number of fused-ring (bicyclic) bond motifs is 1. The summed E-state index contributed by atoms with van der Waals surface area (Å²) in [6.07, 6.45) is 1.78. The first-order valence-electron chi connectivity index (χ1n) is 5.15. The number of rotatable bonds is 1. The molecule has 0 unspecified atom stereocenters. The van der Waals surface area contributed by atoms with E-state index in [9.17, 15) is 0 Å². The number of H-pyrrole nitrogens is 1. The molecule has 0 saturated heterocycles. The van der Waals surface area contributed by atoms with Crippen LogP contribution in [0.5, 0.6) is 0 Å². The first-order chi connectivity index (χ1) is 8.31. The largest absolute Gasteiger partial charge is 0.399 e. The molecule has 0 radical (unpaired) electrons. The number of aromatic nitrogens is 2. The van der Waals surface area contributed by atoms with Crippen LogP contribution in [0.2, 0.25) is 0 Å². The third kappa shape index (κ3) is 2.05. The lowest BCUT2D eigenvalue weighted by molar-refractivity contribution is 1.26. The Morgan fingerprint density at radius 2 is 2.00 bits per heavy atom. The zero-order chi connectivity index (χ0) is 11.7. The summed E-state index contributed by atoms with van der Waals surface area (Å²) < 4.78 is 0. The zero-order valence-corrected chi connectivity index (χ0v) is 9.74. The second kappa shape index (κ2) is 4.03. The number of hydrogen-bond donors (Lipinski definition) is 2. The maximum absolute atomic E-state index is 5.62. The van der Waals surface area contributed by atoms with Gasteiger partial charge in [0, 0.05) is 11.9 Å². The topological polar surface area (TPSA) is 67.1 Å². The highest BCUT2D eigenvalue weighted by Crippen LogP contribution is 2.15. The summed E-state index contributed by atoms with van der Waals surface area (Å²) in [5, 5.41) is 0. The molecule has 0 aliphatic heterocycles. The standard InChI is InChI=1S/C12H10N4S/c13-8-3-5-9(6-4-8)15-12-16-10-2-1-7-14-11(10)17-12/h1-7H,13H2,(H,15,16). The van der Waals surface area contributed by atoms with Crippen molar-refractivity contribution in [2.45, 2.75) is 0 Å². The number of pyridine rings is 1. The van der Waals surface area contributed by atoms with Crippen LogP contribution in [0.3, 0.4) is 0 Å². The molecule has 3 rings (SSSR count). The number of thiazole rings is 1. The molecule has 84 valence electrons. The molecule has 5 heteroatoms. The highest BCUT2D eigenvalue weighted by molar-refractivity contribution is 7.15. The summed E-state index contributed by atoms with van der Waals surface area (Å²) in [7, 11) is 0. The molecule has 0 amide bonds. The molecular weight excluding hydrogens is 232 g/mol. The van der Waals surface area contributed by atoms with Crippen LogP contribution < -0.4 is 10.5 Å². The van der Waals surface area contributed by atoms with Crippen molar-refractivity contribution in [2.75, 3.05) is 5.73 Å². The predicted octanol–water partition coefficient (Wildman–Crippen LogP) is 2.44. The Balaban J connectivity index is 2.11. The Morgan fingerprint density at radius 1 is 1.18 bits per heavy atom. The van der Waals surface area contributed by atoms with E-state index in [1.54, 1.807) is 6.20 Å². The van der Waals surface area contributed by atoms with Crippen LogP contribution >= 0.6 is 11.3 Å². The summed E-state index contributed by atoms with van der Waals surface area (Å²) >= 11 is 1.53. The highest BCUT2D eigenvalue weighted by atomic mass is 32.1. The Bertz CT molecular complexity index is 673. The van der Waals surface area contributed by atoms with Crippen LogP contribution in [0, 0.1) is 0 Å². The monoisotopic (exact) mass is 242 g/mol. The zero-order valence-electron chi connectivity index (χ0n) is 8.92. The second-order valence-electron chi connectivity index (χ2n) is 3.59. The second-order valence-corrected chi connectivity index (χ2v) is 4.57. The van der Waals surface area contributed by atoms with Crippen molar-refractivity contribution in [2.24, 2.45) is 4.99 Å². The molecule has 0 saturated carbocycles. The molecule has 0 fully saturated rings. The van der Waals surface area contributed by atoms with Crippen molar-refractivity contribution >= 4 is 33.1 Å². The molecule has 1 aromatic carbocycles. The van der Waals surface area contributed by atoms with Crippen LogP contribution in [-0.4, -0.2) is 9.97 Å². The maximum atomic E-state index is 5.62. The van der Waals surface area contributed by atoms with E-state index in [1.807, 2.05) is 36.4 Å². The minimum atomic E-state index is 0.742. The van der Waals surface area contributed by atoms with E-state index in [2.05, 4.69) is 15.0 Å². The van der Waals surface area contributed by atoms with Crippen molar-refractivity contribution < 1.29 is 0 Å². The molecule has 0 aliphatic carbocycles. The number of anilines is 1. The minimum Gasteiger partial charge on any atom is -0.399 e. The summed E-state index contributed by atoms with van der Waals surface area (Å²) in [6, 6.07) is 11.3. The molecule has 0 aliphatic rings. The van der Waals surface area contributed by atoms with Gasteiger partial charge in [-0.05, 0) is 36.4 Å². The van der Waals surface area contributed by atoms with Gasteiger partial charge in [-0.25, -0.2) is 9.98 Å². The molecule has 0 bridgehead atoms. The Hall–Kier alpha value is -2.14. The smallest absolute Gasteiger partial charge is 0.189 e. The van der Waals surface area contributed by atoms with Gasteiger partial charge >= 0.3 is 0 Å². The van der Waals surface area contributed by atoms with Gasteiger partial charge in [0.15, 0.2) is 4.80 Å². The third-order valence-corrected chi connectivity index (χ3v) is 3.24. The number of nitrogens with one attached hydrogen (secondary N) is 1. The van der Waals surface area contributed by atoms with Crippen molar-refractivity contribution in [1.29, 1.82) is 0 Å². The van der Waals surface area contributed by atoms with Crippen molar-refractivity contribution in [3.8, 4) is 0 Å². The van der Waals surface area contributed by atoms with Crippen LogP contribution in [-0.2, 0) is 0 Å². The summed E-state index contributed by atoms with van der Waals surface area (Å²) in [5.74, 6) is 0. The van der Waals surface area contributed by atoms with E-state index >= 15 is 0 Å². The summed E-state index contributed by atoms with van der Waals surface area (Å²) in [4.78, 5) is 13.8. The average molecular weight is 242 g/mol. The lowest BCUT2D eigenvalue weighted by Crippen LogP contribution is -1.95. The normalized spacial score (nSPS) is 12.1. The fraction of sp³-hybridized carbons (Fsp3) is 0. The van der Waals surface area contributed by atoms with Gasteiger partial charge in [0.1, 0.15) is 4.83 Å². The first kappa shape index (κ1) is 10.0. The van der Waals surface area contributed by atoms with Gasteiger partial charge in [0.05, 0.1) is 11.2 Å². The van der Waals surface area contributed by atoms with Gasteiger partial charge in [-0.1, -0.05) is 11.3 Å². The Labute approximate surface area is 101 Å². The van der Waals surface area contributed by atoms with Gasteiger partial charge in [-0.2, -0.15) is 0 Å².